The standard InChI is InChI=1S/C15H18N4O4/c20-8-4-7-16-14(22)15-18-12(19-23-15)9-13(21)17-10-11-5-2-1-3-6-11/h1-3,5-6,20H,4,7-10H2,(H,16,22)(H,17,21). The number of hydrogen-bond acceptors (Lipinski definition) is 6. The van der Waals surface area contributed by atoms with Crippen LogP contribution in [-0.4, -0.2) is 40.2 Å². The summed E-state index contributed by atoms with van der Waals surface area (Å²) >= 11 is 0. The molecule has 8 nitrogen and oxygen atoms in total. The molecule has 0 bridgehead atoms. The largest absolute Gasteiger partial charge is 0.396 e. The van der Waals surface area contributed by atoms with Gasteiger partial charge in [-0.3, -0.25) is 9.59 Å². The minimum Gasteiger partial charge on any atom is -0.396 e. The van der Waals surface area contributed by atoms with Crippen molar-refractivity contribution in [3.63, 3.8) is 0 Å². The van der Waals surface area contributed by atoms with E-state index >= 15 is 0 Å². The van der Waals surface area contributed by atoms with Crippen LogP contribution >= 0.6 is 0 Å². The molecule has 0 aliphatic rings. The van der Waals surface area contributed by atoms with E-state index in [-0.39, 0.29) is 30.7 Å². The van der Waals surface area contributed by atoms with Crippen LogP contribution in [0.1, 0.15) is 28.5 Å². The molecule has 23 heavy (non-hydrogen) atoms. The molecule has 0 atom stereocenters. The summed E-state index contributed by atoms with van der Waals surface area (Å²) in [5.41, 5.74) is 0.984. The number of amides is 2. The van der Waals surface area contributed by atoms with E-state index in [2.05, 4.69) is 20.8 Å². The molecule has 0 aliphatic carbocycles. The Kier molecular flexibility index (Phi) is 6.25. The molecule has 2 amide bonds. The lowest BCUT2D eigenvalue weighted by Crippen LogP contribution is -2.26. The molecular weight excluding hydrogens is 300 g/mol. The summed E-state index contributed by atoms with van der Waals surface area (Å²) in [5.74, 6) is -0.847. The average Bonchev–Trinajstić information content (AvgIpc) is 3.02. The van der Waals surface area contributed by atoms with Crippen LogP contribution in [-0.2, 0) is 17.8 Å². The number of hydrogen-bond donors (Lipinski definition) is 3. The first-order valence-corrected chi connectivity index (χ1v) is 7.21. The molecule has 0 saturated heterocycles. The smallest absolute Gasteiger partial charge is 0.315 e. The normalized spacial score (nSPS) is 10.3. The summed E-state index contributed by atoms with van der Waals surface area (Å²) in [5, 5.41) is 17.5. The van der Waals surface area contributed by atoms with Crippen molar-refractivity contribution in [1.82, 2.24) is 20.8 Å². The third kappa shape index (κ3) is 5.51. The molecule has 0 saturated carbocycles. The minimum absolute atomic E-state index is 0.0169. The summed E-state index contributed by atoms with van der Waals surface area (Å²) in [6.45, 7) is 0.702. The van der Waals surface area contributed by atoms with E-state index in [1.54, 1.807) is 0 Å². The zero-order valence-corrected chi connectivity index (χ0v) is 12.5. The number of aliphatic hydroxyl groups is 1. The van der Waals surface area contributed by atoms with E-state index in [4.69, 9.17) is 9.63 Å². The van der Waals surface area contributed by atoms with Gasteiger partial charge in [0.15, 0.2) is 5.82 Å². The van der Waals surface area contributed by atoms with Crippen molar-refractivity contribution in [3.05, 3.63) is 47.6 Å². The SMILES string of the molecule is O=C(Cc1noc(C(=O)NCCCO)n1)NCc1ccccc1. The van der Waals surface area contributed by atoms with Crippen molar-refractivity contribution in [2.45, 2.75) is 19.4 Å². The maximum Gasteiger partial charge on any atom is 0.315 e. The highest BCUT2D eigenvalue weighted by molar-refractivity contribution is 5.89. The predicted molar refractivity (Wildman–Crippen MR) is 80.3 cm³/mol. The molecule has 3 N–H and O–H groups in total. The van der Waals surface area contributed by atoms with Gasteiger partial charge < -0.3 is 20.3 Å². The van der Waals surface area contributed by atoms with Crippen LogP contribution in [0.15, 0.2) is 34.9 Å². The minimum atomic E-state index is -0.526. The Morgan fingerprint density at radius 3 is 2.70 bits per heavy atom. The predicted octanol–water partition coefficient (Wildman–Crippen LogP) is 0.0407. The Morgan fingerprint density at radius 1 is 1.17 bits per heavy atom. The van der Waals surface area contributed by atoms with Gasteiger partial charge in [0.2, 0.25) is 5.91 Å². The number of carbonyl (C=O) groups excluding carboxylic acids is 2. The number of carbonyl (C=O) groups is 2. The van der Waals surface area contributed by atoms with Crippen LogP contribution in [0.3, 0.4) is 0 Å². The Balaban J connectivity index is 1.79. The Labute approximate surface area is 132 Å². The lowest BCUT2D eigenvalue weighted by atomic mass is 10.2. The van der Waals surface area contributed by atoms with Crippen LogP contribution in [0.25, 0.3) is 0 Å². The molecule has 2 rings (SSSR count). The fourth-order valence-corrected chi connectivity index (χ4v) is 1.78. The quantitative estimate of drug-likeness (QED) is 0.592. The third-order valence-electron chi connectivity index (χ3n) is 2.93. The summed E-state index contributed by atoms with van der Waals surface area (Å²) < 4.78 is 4.81. The van der Waals surface area contributed by atoms with Crippen LogP contribution in [0, 0.1) is 0 Å². The van der Waals surface area contributed by atoms with E-state index in [0.717, 1.165) is 5.56 Å². The Morgan fingerprint density at radius 2 is 1.96 bits per heavy atom. The fraction of sp³-hybridized carbons (Fsp3) is 0.333. The van der Waals surface area contributed by atoms with Crippen molar-refractivity contribution in [3.8, 4) is 0 Å². The van der Waals surface area contributed by atoms with Crippen molar-refractivity contribution in [2.24, 2.45) is 0 Å². The highest BCUT2D eigenvalue weighted by Crippen LogP contribution is 2.00. The van der Waals surface area contributed by atoms with Crippen LogP contribution in [0.2, 0.25) is 0 Å². The lowest BCUT2D eigenvalue weighted by molar-refractivity contribution is -0.120. The number of rotatable bonds is 8. The Bertz CT molecular complexity index is 642. The summed E-state index contributed by atoms with van der Waals surface area (Å²) in [6, 6.07) is 9.50. The second kappa shape index (κ2) is 8.64. The Hall–Kier alpha value is -2.74. The van der Waals surface area contributed by atoms with Crippen LogP contribution < -0.4 is 10.6 Å². The first-order valence-electron chi connectivity index (χ1n) is 7.21. The number of aromatic nitrogens is 2. The van der Waals surface area contributed by atoms with Crippen molar-refractivity contribution in [2.75, 3.05) is 13.2 Å². The molecule has 0 aliphatic heterocycles. The van der Waals surface area contributed by atoms with E-state index in [1.807, 2.05) is 30.3 Å². The van der Waals surface area contributed by atoms with E-state index in [9.17, 15) is 9.59 Å². The van der Waals surface area contributed by atoms with E-state index < -0.39 is 5.91 Å². The average molecular weight is 318 g/mol. The topological polar surface area (TPSA) is 117 Å². The third-order valence-corrected chi connectivity index (χ3v) is 2.93. The molecular formula is C15H18N4O4. The molecule has 122 valence electrons. The van der Waals surface area contributed by atoms with Crippen molar-refractivity contribution >= 4 is 11.8 Å². The van der Waals surface area contributed by atoms with Gasteiger partial charge in [-0.15, -0.1) is 0 Å². The van der Waals surface area contributed by atoms with Gasteiger partial charge in [0, 0.05) is 19.7 Å². The molecule has 0 fully saturated rings. The molecule has 0 unspecified atom stereocenters. The second-order valence-corrected chi connectivity index (χ2v) is 4.79. The van der Waals surface area contributed by atoms with Gasteiger partial charge in [-0.25, -0.2) is 0 Å². The summed E-state index contributed by atoms with van der Waals surface area (Å²) in [4.78, 5) is 27.3. The first-order chi connectivity index (χ1) is 11.2. The van der Waals surface area contributed by atoms with E-state index in [1.165, 1.54) is 0 Å². The summed E-state index contributed by atoms with van der Waals surface area (Å²) in [7, 11) is 0. The molecule has 1 heterocycles. The molecule has 1 aromatic heterocycles. The zero-order valence-electron chi connectivity index (χ0n) is 12.5. The highest BCUT2D eigenvalue weighted by atomic mass is 16.5. The molecule has 0 radical (unpaired) electrons. The van der Waals surface area contributed by atoms with Gasteiger partial charge in [0.1, 0.15) is 0 Å². The van der Waals surface area contributed by atoms with Crippen molar-refractivity contribution < 1.29 is 19.2 Å². The number of nitrogens with zero attached hydrogens (tertiary/aromatic N) is 2. The molecule has 8 heteroatoms. The molecule has 0 spiro atoms. The number of benzene rings is 1. The van der Waals surface area contributed by atoms with Gasteiger partial charge in [-0.2, -0.15) is 4.98 Å². The number of nitrogens with one attached hydrogen (secondary N) is 2. The summed E-state index contributed by atoms with van der Waals surface area (Å²) in [6.07, 6.45) is 0.370. The maximum absolute atomic E-state index is 11.8. The zero-order chi connectivity index (χ0) is 16.5. The first kappa shape index (κ1) is 16.6. The van der Waals surface area contributed by atoms with Gasteiger partial charge >= 0.3 is 11.8 Å². The van der Waals surface area contributed by atoms with Crippen LogP contribution in [0.4, 0.5) is 0 Å². The van der Waals surface area contributed by atoms with Gasteiger partial charge in [-0.1, -0.05) is 35.5 Å². The van der Waals surface area contributed by atoms with Crippen LogP contribution in [0.5, 0.6) is 0 Å². The maximum atomic E-state index is 11.8. The van der Waals surface area contributed by atoms with Gasteiger partial charge in [0.05, 0.1) is 6.42 Å². The highest BCUT2D eigenvalue weighted by Gasteiger charge is 2.16. The second-order valence-electron chi connectivity index (χ2n) is 4.79. The van der Waals surface area contributed by atoms with E-state index in [0.29, 0.717) is 19.5 Å². The number of aliphatic hydroxyl groups excluding tert-OH is 1. The molecule has 1 aromatic carbocycles. The van der Waals surface area contributed by atoms with Gasteiger partial charge in [0.25, 0.3) is 0 Å². The van der Waals surface area contributed by atoms with Crippen molar-refractivity contribution in [1.29, 1.82) is 0 Å². The monoisotopic (exact) mass is 318 g/mol. The molecule has 2 aromatic rings. The fourth-order valence-electron chi connectivity index (χ4n) is 1.78. The lowest BCUT2D eigenvalue weighted by Gasteiger charge is -2.03. The van der Waals surface area contributed by atoms with Gasteiger partial charge in [-0.05, 0) is 12.0 Å².